The van der Waals surface area contributed by atoms with Crippen LogP contribution in [0.1, 0.15) is 32.3 Å². The molecule has 3 rings (SSSR count). The van der Waals surface area contributed by atoms with Crippen LogP contribution in [0, 0.1) is 6.92 Å². The number of aliphatic hydroxyl groups is 1. The summed E-state index contributed by atoms with van der Waals surface area (Å²) < 4.78 is 27.1. The minimum atomic E-state index is -2.65. The molecule has 5 nitrogen and oxygen atoms in total. The molecule has 0 unspecified atom stereocenters. The van der Waals surface area contributed by atoms with E-state index in [0.717, 1.165) is 5.56 Å². The van der Waals surface area contributed by atoms with Crippen LogP contribution in [0.15, 0.2) is 42.7 Å². The standard InChI is InChI=1S/C22H23ClF2N4O/c1-11(2)18(20(24)25)29-19-15-8-13(6-7-16(15)28-12(3)17(19)23)14-9-26-21(27-10-14)22(4,5)30/h6-10,18,20,30H,1H2,2-5H3,(H,28,29)/t18-/m0/s1. The maximum Gasteiger partial charge on any atom is 0.262 e. The molecule has 0 aliphatic heterocycles. The van der Waals surface area contributed by atoms with Crippen molar-refractivity contribution in [1.29, 1.82) is 0 Å². The number of rotatable bonds is 6. The van der Waals surface area contributed by atoms with Crippen LogP contribution in [0.5, 0.6) is 0 Å². The summed E-state index contributed by atoms with van der Waals surface area (Å²) >= 11 is 6.44. The lowest BCUT2D eigenvalue weighted by molar-refractivity contribution is 0.0687. The van der Waals surface area contributed by atoms with E-state index in [1.54, 1.807) is 52.2 Å². The van der Waals surface area contributed by atoms with Crippen molar-refractivity contribution in [2.24, 2.45) is 0 Å². The van der Waals surface area contributed by atoms with Crippen LogP contribution >= 0.6 is 11.6 Å². The molecule has 8 heteroatoms. The van der Waals surface area contributed by atoms with Gasteiger partial charge in [-0.2, -0.15) is 0 Å². The molecule has 0 aliphatic rings. The number of anilines is 1. The number of alkyl halides is 2. The second-order valence-electron chi connectivity index (χ2n) is 7.78. The van der Waals surface area contributed by atoms with E-state index in [2.05, 4.69) is 26.8 Å². The summed E-state index contributed by atoms with van der Waals surface area (Å²) in [6.45, 7) is 10.1. The van der Waals surface area contributed by atoms with Crippen LogP contribution in [0.25, 0.3) is 22.0 Å². The van der Waals surface area contributed by atoms with Crippen molar-refractivity contribution in [2.45, 2.75) is 45.8 Å². The minimum absolute atomic E-state index is 0.278. The average Bonchev–Trinajstić information content (AvgIpc) is 2.67. The molecule has 0 bridgehead atoms. The zero-order valence-electron chi connectivity index (χ0n) is 17.2. The number of benzene rings is 1. The first-order chi connectivity index (χ1) is 14.0. The van der Waals surface area contributed by atoms with Crippen molar-refractivity contribution < 1.29 is 13.9 Å². The average molecular weight is 433 g/mol. The van der Waals surface area contributed by atoms with Gasteiger partial charge in [0, 0.05) is 23.3 Å². The number of nitrogens with zero attached hydrogens (tertiary/aromatic N) is 3. The molecule has 30 heavy (non-hydrogen) atoms. The van der Waals surface area contributed by atoms with Crippen LogP contribution in [0.3, 0.4) is 0 Å². The van der Waals surface area contributed by atoms with Crippen LogP contribution in [0.2, 0.25) is 5.02 Å². The van der Waals surface area contributed by atoms with Crippen LogP contribution < -0.4 is 5.32 Å². The second kappa shape index (κ2) is 8.24. The SMILES string of the molecule is C=C(C)[C@H](Nc1c(Cl)c(C)nc2ccc(-c3cnc(C(C)(C)O)nc3)cc12)C(F)F. The lowest BCUT2D eigenvalue weighted by Crippen LogP contribution is -2.29. The van der Waals surface area contributed by atoms with Crippen molar-refractivity contribution in [1.82, 2.24) is 15.0 Å². The van der Waals surface area contributed by atoms with Gasteiger partial charge in [0.15, 0.2) is 5.82 Å². The third-order valence-corrected chi connectivity index (χ3v) is 5.17. The molecule has 2 heterocycles. The van der Waals surface area contributed by atoms with E-state index in [4.69, 9.17) is 11.6 Å². The summed E-state index contributed by atoms with van der Waals surface area (Å²) in [4.78, 5) is 12.9. The number of pyridine rings is 1. The highest BCUT2D eigenvalue weighted by molar-refractivity contribution is 6.35. The van der Waals surface area contributed by atoms with Gasteiger partial charge in [0.05, 0.1) is 21.9 Å². The molecule has 0 amide bonds. The molecular weight excluding hydrogens is 410 g/mol. The molecule has 0 fully saturated rings. The largest absolute Gasteiger partial charge is 0.382 e. The molecule has 0 saturated carbocycles. The Morgan fingerprint density at radius 2 is 1.83 bits per heavy atom. The molecule has 1 aromatic carbocycles. The second-order valence-corrected chi connectivity index (χ2v) is 8.15. The van der Waals surface area contributed by atoms with Crippen molar-refractivity contribution in [3.05, 3.63) is 59.3 Å². The van der Waals surface area contributed by atoms with Gasteiger partial charge in [-0.3, -0.25) is 4.98 Å². The van der Waals surface area contributed by atoms with Crippen LogP contribution in [-0.2, 0) is 5.60 Å². The summed E-state index contributed by atoms with van der Waals surface area (Å²) in [5.41, 5.74) is 2.15. The van der Waals surface area contributed by atoms with Gasteiger partial charge in [-0.25, -0.2) is 18.7 Å². The Kier molecular flexibility index (Phi) is 6.06. The third kappa shape index (κ3) is 4.42. The van der Waals surface area contributed by atoms with E-state index >= 15 is 0 Å². The van der Waals surface area contributed by atoms with E-state index in [0.29, 0.717) is 39.2 Å². The van der Waals surface area contributed by atoms with Gasteiger partial charge in [0.1, 0.15) is 11.6 Å². The summed E-state index contributed by atoms with van der Waals surface area (Å²) in [6.07, 6.45) is 0.564. The molecule has 0 saturated heterocycles. The monoisotopic (exact) mass is 432 g/mol. The molecule has 0 radical (unpaired) electrons. The van der Waals surface area contributed by atoms with E-state index in [9.17, 15) is 13.9 Å². The Morgan fingerprint density at radius 1 is 1.20 bits per heavy atom. The van der Waals surface area contributed by atoms with Gasteiger partial charge >= 0.3 is 0 Å². The maximum absolute atomic E-state index is 13.5. The topological polar surface area (TPSA) is 70.9 Å². The fraction of sp³-hybridized carbons (Fsp3) is 0.318. The van der Waals surface area contributed by atoms with E-state index in [1.165, 1.54) is 0 Å². The first kappa shape index (κ1) is 22.1. The number of nitrogens with one attached hydrogen (secondary N) is 1. The Labute approximate surface area is 178 Å². The van der Waals surface area contributed by atoms with E-state index < -0.39 is 18.1 Å². The van der Waals surface area contributed by atoms with Crippen LogP contribution in [0.4, 0.5) is 14.5 Å². The zero-order valence-corrected chi connectivity index (χ0v) is 17.9. The van der Waals surface area contributed by atoms with Crippen LogP contribution in [-0.4, -0.2) is 32.5 Å². The van der Waals surface area contributed by atoms with Crippen molar-refractivity contribution in [3.8, 4) is 11.1 Å². The van der Waals surface area contributed by atoms with Crippen molar-refractivity contribution >= 4 is 28.2 Å². The highest BCUT2D eigenvalue weighted by Crippen LogP contribution is 2.36. The number of hydrogen-bond acceptors (Lipinski definition) is 5. The van der Waals surface area contributed by atoms with Gasteiger partial charge in [-0.05, 0) is 45.4 Å². The number of halogens is 3. The Bertz CT molecular complexity index is 1090. The molecule has 2 N–H and O–H groups in total. The normalized spacial score (nSPS) is 13.0. The number of fused-ring (bicyclic) bond motifs is 1. The lowest BCUT2D eigenvalue weighted by atomic mass is 10.0. The van der Waals surface area contributed by atoms with Gasteiger partial charge in [0.25, 0.3) is 6.43 Å². The molecule has 158 valence electrons. The smallest absolute Gasteiger partial charge is 0.262 e. The molecule has 0 aliphatic carbocycles. The van der Waals surface area contributed by atoms with E-state index in [-0.39, 0.29) is 5.02 Å². The summed E-state index contributed by atoms with van der Waals surface area (Å²) in [6, 6.07) is 4.20. The number of hydrogen-bond donors (Lipinski definition) is 2. The molecule has 1 atom stereocenters. The molecule has 3 aromatic rings. The molecular formula is C22H23ClF2N4O. The summed E-state index contributed by atoms with van der Waals surface area (Å²) in [5, 5.41) is 13.8. The first-order valence-electron chi connectivity index (χ1n) is 9.34. The molecule has 2 aromatic heterocycles. The Balaban J connectivity index is 2.13. The Hall–Kier alpha value is -2.64. The summed E-state index contributed by atoms with van der Waals surface area (Å²) in [5.74, 6) is 0.302. The quantitative estimate of drug-likeness (QED) is 0.503. The van der Waals surface area contributed by atoms with Gasteiger partial charge in [0.2, 0.25) is 0 Å². The zero-order chi connectivity index (χ0) is 22.2. The minimum Gasteiger partial charge on any atom is -0.382 e. The fourth-order valence-corrected chi connectivity index (χ4v) is 3.23. The highest BCUT2D eigenvalue weighted by Gasteiger charge is 2.24. The summed E-state index contributed by atoms with van der Waals surface area (Å²) in [7, 11) is 0. The number of aryl methyl sites for hydroxylation is 1. The predicted octanol–water partition coefficient (Wildman–Crippen LogP) is 5.50. The number of aromatic nitrogens is 3. The maximum atomic E-state index is 13.5. The fourth-order valence-electron chi connectivity index (χ4n) is 3.03. The van der Waals surface area contributed by atoms with Gasteiger partial charge in [-0.15, -0.1) is 0 Å². The highest BCUT2D eigenvalue weighted by atomic mass is 35.5. The van der Waals surface area contributed by atoms with E-state index in [1.807, 2.05) is 6.07 Å². The third-order valence-electron chi connectivity index (χ3n) is 4.71. The van der Waals surface area contributed by atoms with Crippen molar-refractivity contribution in [2.75, 3.05) is 5.32 Å². The first-order valence-corrected chi connectivity index (χ1v) is 9.72. The molecule has 0 spiro atoms. The van der Waals surface area contributed by atoms with Gasteiger partial charge in [-0.1, -0.05) is 29.8 Å². The van der Waals surface area contributed by atoms with Gasteiger partial charge < -0.3 is 10.4 Å². The lowest BCUT2D eigenvalue weighted by Gasteiger charge is -2.22. The Morgan fingerprint density at radius 3 is 2.37 bits per heavy atom. The van der Waals surface area contributed by atoms with Crippen molar-refractivity contribution in [3.63, 3.8) is 0 Å². The predicted molar refractivity (Wildman–Crippen MR) is 116 cm³/mol.